The third kappa shape index (κ3) is 11.3. The summed E-state index contributed by atoms with van der Waals surface area (Å²) in [5.74, 6) is -4.56. The first-order valence-corrected chi connectivity index (χ1v) is 16.9. The van der Waals surface area contributed by atoms with Crippen LogP contribution in [-0.2, 0) is 28.7 Å². The maximum absolute atomic E-state index is 13.9. The van der Waals surface area contributed by atoms with Crippen molar-refractivity contribution in [3.63, 3.8) is 0 Å². The molecule has 1 aliphatic rings. The number of carbonyl (C=O) groups is 5. The van der Waals surface area contributed by atoms with Gasteiger partial charge in [-0.05, 0) is 43.9 Å². The van der Waals surface area contributed by atoms with Gasteiger partial charge < -0.3 is 35.2 Å². The van der Waals surface area contributed by atoms with E-state index in [1.165, 1.54) is 14.2 Å². The lowest BCUT2D eigenvalue weighted by atomic mass is 9.90. The lowest BCUT2D eigenvalue weighted by Crippen LogP contribution is -2.55. The fourth-order valence-corrected chi connectivity index (χ4v) is 6.64. The minimum absolute atomic E-state index is 0.0298. The number of ketones is 1. The summed E-state index contributed by atoms with van der Waals surface area (Å²) in [5, 5.41) is 8.21. The fraction of sp³-hybridized carbons (Fsp3) is 0.686. The van der Waals surface area contributed by atoms with Crippen molar-refractivity contribution in [3.8, 4) is 0 Å². The first-order valence-electron chi connectivity index (χ1n) is 16.9. The van der Waals surface area contributed by atoms with Crippen molar-refractivity contribution < 1.29 is 42.2 Å². The lowest BCUT2D eigenvalue weighted by molar-refractivity contribution is -0.145. The van der Waals surface area contributed by atoms with Crippen molar-refractivity contribution in [2.45, 2.75) is 90.6 Å². The molecule has 276 valence electrons. The highest BCUT2D eigenvalue weighted by Gasteiger charge is 2.42. The summed E-state index contributed by atoms with van der Waals surface area (Å²) in [4.78, 5) is 68.7. The van der Waals surface area contributed by atoms with E-state index in [0.717, 1.165) is 12.1 Å². The SMILES string of the molecule is CC[C@H](C)C(C(CC(=O)N1CCCC1C(OC)C(C)C(=O)NCC(=O)c1cc(F)cc(F)c1)OC)N(C)C(=O)CNC(=O)C(NC)C(C)C. The van der Waals surface area contributed by atoms with Crippen LogP contribution in [0.25, 0.3) is 0 Å². The van der Waals surface area contributed by atoms with Crippen LogP contribution in [0.5, 0.6) is 0 Å². The van der Waals surface area contributed by atoms with Crippen LogP contribution in [0.3, 0.4) is 0 Å². The van der Waals surface area contributed by atoms with E-state index in [1.54, 1.807) is 30.8 Å². The van der Waals surface area contributed by atoms with Gasteiger partial charge in [-0.25, -0.2) is 8.78 Å². The molecule has 14 heteroatoms. The summed E-state index contributed by atoms with van der Waals surface area (Å²) in [7, 11) is 6.29. The van der Waals surface area contributed by atoms with Gasteiger partial charge in [-0.15, -0.1) is 0 Å². The molecule has 0 spiro atoms. The number of halogens is 2. The number of ether oxygens (including phenoxy) is 2. The van der Waals surface area contributed by atoms with Gasteiger partial charge in [0.15, 0.2) is 5.78 Å². The Balaban J connectivity index is 2.13. The second-order valence-electron chi connectivity index (χ2n) is 13.2. The first kappa shape index (κ1) is 41.7. The molecule has 1 saturated heterocycles. The number of rotatable bonds is 19. The summed E-state index contributed by atoms with van der Waals surface area (Å²) >= 11 is 0. The van der Waals surface area contributed by atoms with Crippen LogP contribution in [0.2, 0.25) is 0 Å². The van der Waals surface area contributed by atoms with Crippen LogP contribution >= 0.6 is 0 Å². The molecule has 1 heterocycles. The third-order valence-corrected chi connectivity index (χ3v) is 9.59. The van der Waals surface area contributed by atoms with Crippen molar-refractivity contribution in [3.05, 3.63) is 35.4 Å². The highest BCUT2D eigenvalue weighted by atomic mass is 19.1. The third-order valence-electron chi connectivity index (χ3n) is 9.59. The number of likely N-dealkylation sites (N-methyl/N-ethyl adjacent to an activating group) is 2. The number of likely N-dealkylation sites (tertiary alicyclic amines) is 1. The van der Waals surface area contributed by atoms with Crippen molar-refractivity contribution in [2.24, 2.45) is 17.8 Å². The normalized spacial score (nSPS) is 18.3. The van der Waals surface area contributed by atoms with Crippen molar-refractivity contribution in [2.75, 3.05) is 47.9 Å². The minimum Gasteiger partial charge on any atom is -0.379 e. The van der Waals surface area contributed by atoms with Gasteiger partial charge in [-0.1, -0.05) is 41.0 Å². The number of Topliss-reactive ketones (excluding diaryl/α,β-unsaturated/α-hetero) is 1. The maximum Gasteiger partial charge on any atom is 0.242 e. The van der Waals surface area contributed by atoms with Crippen LogP contribution in [0, 0.1) is 29.4 Å². The molecule has 7 atom stereocenters. The van der Waals surface area contributed by atoms with Crippen LogP contribution in [-0.4, -0.2) is 117 Å². The average Bonchev–Trinajstić information content (AvgIpc) is 3.54. The van der Waals surface area contributed by atoms with Crippen molar-refractivity contribution in [1.82, 2.24) is 25.8 Å². The highest BCUT2D eigenvalue weighted by molar-refractivity contribution is 5.99. The van der Waals surface area contributed by atoms with Gasteiger partial charge in [0, 0.05) is 39.4 Å². The van der Waals surface area contributed by atoms with Crippen LogP contribution in [0.4, 0.5) is 8.78 Å². The Morgan fingerprint density at radius 3 is 2.10 bits per heavy atom. The monoisotopic (exact) mass is 695 g/mol. The Kier molecular flexibility index (Phi) is 16.7. The second-order valence-corrected chi connectivity index (χ2v) is 13.2. The number of hydrogen-bond donors (Lipinski definition) is 3. The Labute approximate surface area is 289 Å². The molecule has 0 aliphatic carbocycles. The fourth-order valence-electron chi connectivity index (χ4n) is 6.64. The second kappa shape index (κ2) is 19.6. The summed E-state index contributed by atoms with van der Waals surface area (Å²) in [5.41, 5.74) is -0.199. The molecule has 0 bridgehead atoms. The van der Waals surface area contributed by atoms with Gasteiger partial charge in [0.25, 0.3) is 0 Å². The molecule has 4 amide bonds. The van der Waals surface area contributed by atoms with Gasteiger partial charge in [0.05, 0.1) is 55.8 Å². The molecule has 3 N–H and O–H groups in total. The molecule has 6 unspecified atom stereocenters. The minimum atomic E-state index is -0.897. The van der Waals surface area contributed by atoms with Crippen molar-refractivity contribution in [1.29, 1.82) is 0 Å². The molecule has 2 rings (SSSR count). The number of benzene rings is 1. The zero-order chi connectivity index (χ0) is 37.0. The predicted octanol–water partition coefficient (Wildman–Crippen LogP) is 2.54. The van der Waals surface area contributed by atoms with E-state index in [2.05, 4.69) is 16.0 Å². The predicted molar refractivity (Wildman–Crippen MR) is 181 cm³/mol. The van der Waals surface area contributed by atoms with E-state index in [0.29, 0.717) is 31.9 Å². The molecule has 1 fully saturated rings. The quantitative estimate of drug-likeness (QED) is 0.187. The highest BCUT2D eigenvalue weighted by Crippen LogP contribution is 2.29. The zero-order valence-corrected chi connectivity index (χ0v) is 30.3. The number of hydrogen-bond acceptors (Lipinski definition) is 8. The number of methoxy groups -OCH3 is 2. The number of nitrogens with zero attached hydrogens (tertiary/aromatic N) is 2. The van der Waals surface area contributed by atoms with Gasteiger partial charge in [-0.2, -0.15) is 0 Å². The van der Waals surface area contributed by atoms with E-state index >= 15 is 0 Å². The van der Waals surface area contributed by atoms with E-state index in [1.807, 2.05) is 27.7 Å². The molecule has 0 saturated carbocycles. The van der Waals surface area contributed by atoms with Gasteiger partial charge in [0.1, 0.15) is 11.6 Å². The number of nitrogens with one attached hydrogen (secondary N) is 3. The number of carbonyl (C=O) groups excluding carboxylic acids is 5. The Hall–Kier alpha value is -3.49. The Morgan fingerprint density at radius 2 is 1.57 bits per heavy atom. The average molecular weight is 696 g/mol. The van der Waals surface area contributed by atoms with Gasteiger partial charge >= 0.3 is 0 Å². The summed E-state index contributed by atoms with van der Waals surface area (Å²) in [6, 6.07) is 1.10. The zero-order valence-electron chi connectivity index (χ0n) is 30.3. The van der Waals surface area contributed by atoms with Crippen LogP contribution in [0.15, 0.2) is 18.2 Å². The standard InChI is InChI=1S/C35H55F2N5O7/c1-10-21(4)32(41(7)30(45)19-40-35(47)31(38-6)20(2)3)28(48-8)17-29(44)42-13-11-12-26(42)33(49-9)22(5)34(46)39-18-27(43)23-14-24(36)16-25(37)15-23/h14-16,20-22,26,28,31-33,38H,10-13,17-19H2,1-9H3,(H,39,46)(H,40,47)/t21-,22?,26?,28?,31?,32?,33?/m0/s1. The molecule has 1 aromatic rings. The molecule has 0 aromatic heterocycles. The topological polar surface area (TPSA) is 146 Å². The van der Waals surface area contributed by atoms with Crippen molar-refractivity contribution >= 4 is 29.4 Å². The van der Waals surface area contributed by atoms with E-state index in [-0.39, 0.29) is 48.1 Å². The number of amides is 4. The van der Waals surface area contributed by atoms with Gasteiger partial charge in [-0.3, -0.25) is 24.0 Å². The molecular weight excluding hydrogens is 640 g/mol. The largest absolute Gasteiger partial charge is 0.379 e. The van der Waals surface area contributed by atoms with E-state index in [4.69, 9.17) is 9.47 Å². The Morgan fingerprint density at radius 1 is 0.959 bits per heavy atom. The molecule has 1 aliphatic heterocycles. The first-order chi connectivity index (χ1) is 23.1. The van der Waals surface area contributed by atoms with Gasteiger partial charge in [0.2, 0.25) is 23.6 Å². The summed E-state index contributed by atoms with van der Waals surface area (Å²) in [6.45, 7) is 9.19. The lowest BCUT2D eigenvalue weighted by Gasteiger charge is -2.39. The summed E-state index contributed by atoms with van der Waals surface area (Å²) < 4.78 is 38.7. The molecule has 49 heavy (non-hydrogen) atoms. The summed E-state index contributed by atoms with van der Waals surface area (Å²) in [6.07, 6.45) is 0.575. The van der Waals surface area contributed by atoms with E-state index < -0.39 is 66.1 Å². The molecule has 1 aromatic carbocycles. The smallest absolute Gasteiger partial charge is 0.242 e. The van der Waals surface area contributed by atoms with E-state index in [9.17, 15) is 32.8 Å². The Bertz CT molecular complexity index is 1280. The maximum atomic E-state index is 13.9. The van der Waals surface area contributed by atoms with Crippen LogP contribution in [0.1, 0.15) is 70.7 Å². The molecule has 0 radical (unpaired) electrons. The molecular formula is C35H55F2N5O7. The molecule has 12 nitrogen and oxygen atoms in total. The van der Waals surface area contributed by atoms with Crippen LogP contribution < -0.4 is 16.0 Å².